The van der Waals surface area contributed by atoms with Crippen LogP contribution in [0, 0.1) is 13.8 Å². The van der Waals surface area contributed by atoms with Crippen LogP contribution in [0.2, 0.25) is 0 Å². The van der Waals surface area contributed by atoms with Gasteiger partial charge in [0.05, 0.1) is 11.4 Å². The van der Waals surface area contributed by atoms with Crippen LogP contribution in [0.25, 0.3) is 0 Å². The highest BCUT2D eigenvalue weighted by Crippen LogP contribution is 2.12. The zero-order valence-corrected chi connectivity index (χ0v) is 10.9. The normalized spacial score (nSPS) is 10.5. The van der Waals surface area contributed by atoms with Crippen LogP contribution in [0.4, 0.5) is 0 Å². The molecule has 1 heterocycles. The zero-order valence-electron chi connectivity index (χ0n) is 10.1. The zero-order chi connectivity index (χ0) is 12.3. The van der Waals surface area contributed by atoms with Crippen LogP contribution in [0.3, 0.4) is 0 Å². The lowest BCUT2D eigenvalue weighted by atomic mass is 10.0. The Morgan fingerprint density at radius 3 is 2.47 bits per heavy atom. The molecule has 2 nitrogen and oxygen atoms in total. The number of rotatable bonds is 4. The van der Waals surface area contributed by atoms with Crippen molar-refractivity contribution in [2.45, 2.75) is 26.7 Å². The first-order chi connectivity index (χ1) is 8.13. The molecule has 2 rings (SSSR count). The van der Waals surface area contributed by atoms with Crippen molar-refractivity contribution in [3.8, 4) is 0 Å². The van der Waals surface area contributed by atoms with Crippen molar-refractivity contribution < 1.29 is 4.79 Å². The minimum atomic E-state index is 0.227. The molecule has 0 fully saturated rings. The van der Waals surface area contributed by atoms with E-state index in [1.165, 1.54) is 22.5 Å². The first-order valence-corrected chi connectivity index (χ1v) is 6.49. The van der Waals surface area contributed by atoms with E-state index in [0.29, 0.717) is 12.8 Å². The van der Waals surface area contributed by atoms with E-state index in [9.17, 15) is 4.79 Å². The van der Waals surface area contributed by atoms with Gasteiger partial charge >= 0.3 is 0 Å². The van der Waals surface area contributed by atoms with Crippen molar-refractivity contribution in [1.29, 1.82) is 0 Å². The minimum Gasteiger partial charge on any atom is -0.299 e. The van der Waals surface area contributed by atoms with Crippen LogP contribution in [0.1, 0.15) is 21.7 Å². The molecule has 0 radical (unpaired) electrons. The van der Waals surface area contributed by atoms with Crippen molar-refractivity contribution in [3.63, 3.8) is 0 Å². The Labute approximate surface area is 105 Å². The molecule has 0 amide bonds. The summed E-state index contributed by atoms with van der Waals surface area (Å²) in [5.41, 5.74) is 3.52. The third-order valence-electron chi connectivity index (χ3n) is 2.51. The Bertz CT molecular complexity index is 497. The minimum absolute atomic E-state index is 0.227. The number of hydrogen-bond acceptors (Lipinski definition) is 3. The molecule has 0 atom stereocenters. The summed E-state index contributed by atoms with van der Waals surface area (Å²) in [5, 5.41) is 2.80. The SMILES string of the molecule is Cc1cc(C)cc(CC(=O)Cc2nccs2)c1. The Morgan fingerprint density at radius 1 is 1.18 bits per heavy atom. The smallest absolute Gasteiger partial charge is 0.144 e. The predicted molar refractivity (Wildman–Crippen MR) is 70.4 cm³/mol. The number of Topliss-reactive ketones (excluding diaryl/α,β-unsaturated/α-hetero) is 1. The molecule has 0 saturated heterocycles. The Balaban J connectivity index is 2.03. The van der Waals surface area contributed by atoms with Gasteiger partial charge in [0.2, 0.25) is 0 Å². The van der Waals surface area contributed by atoms with Crippen LogP contribution in [0.15, 0.2) is 29.8 Å². The maximum atomic E-state index is 11.9. The molecule has 0 saturated carbocycles. The molecule has 17 heavy (non-hydrogen) atoms. The van der Waals surface area contributed by atoms with E-state index in [1.54, 1.807) is 6.20 Å². The van der Waals surface area contributed by atoms with E-state index in [0.717, 1.165) is 10.6 Å². The van der Waals surface area contributed by atoms with Crippen LogP contribution in [0.5, 0.6) is 0 Å². The molecular weight excluding hydrogens is 230 g/mol. The summed E-state index contributed by atoms with van der Waals surface area (Å²) in [4.78, 5) is 16.0. The fraction of sp³-hybridized carbons (Fsp3) is 0.286. The lowest BCUT2D eigenvalue weighted by Crippen LogP contribution is -2.06. The molecule has 2 aromatic rings. The highest BCUT2D eigenvalue weighted by atomic mass is 32.1. The molecule has 0 spiro atoms. The highest BCUT2D eigenvalue weighted by molar-refractivity contribution is 7.09. The number of carbonyl (C=O) groups excluding carboxylic acids is 1. The molecule has 0 aliphatic rings. The van der Waals surface area contributed by atoms with Gasteiger partial charge in [-0.2, -0.15) is 0 Å². The second kappa shape index (κ2) is 5.23. The third kappa shape index (κ3) is 3.49. The van der Waals surface area contributed by atoms with E-state index in [-0.39, 0.29) is 5.78 Å². The van der Waals surface area contributed by atoms with Crippen LogP contribution in [-0.2, 0) is 17.6 Å². The summed E-state index contributed by atoms with van der Waals surface area (Å²) in [7, 11) is 0. The van der Waals surface area contributed by atoms with Gasteiger partial charge in [0, 0.05) is 18.0 Å². The Hall–Kier alpha value is -1.48. The second-order valence-electron chi connectivity index (χ2n) is 4.31. The van der Waals surface area contributed by atoms with Gasteiger partial charge in [-0.25, -0.2) is 4.98 Å². The molecule has 1 aromatic heterocycles. The number of nitrogens with zero attached hydrogens (tertiary/aromatic N) is 1. The molecule has 0 unspecified atom stereocenters. The van der Waals surface area contributed by atoms with Gasteiger partial charge in [-0.05, 0) is 19.4 Å². The van der Waals surface area contributed by atoms with Gasteiger partial charge in [-0.1, -0.05) is 29.3 Å². The number of carbonyl (C=O) groups is 1. The molecule has 0 bridgehead atoms. The molecule has 3 heteroatoms. The van der Waals surface area contributed by atoms with Gasteiger partial charge in [-0.3, -0.25) is 4.79 Å². The summed E-state index contributed by atoms with van der Waals surface area (Å²) >= 11 is 1.54. The average molecular weight is 245 g/mol. The van der Waals surface area contributed by atoms with Crippen molar-refractivity contribution in [2.75, 3.05) is 0 Å². The van der Waals surface area contributed by atoms with Gasteiger partial charge in [0.25, 0.3) is 0 Å². The molecular formula is C14H15NOS. The summed E-state index contributed by atoms with van der Waals surface area (Å²) in [6.07, 6.45) is 2.69. The van der Waals surface area contributed by atoms with Gasteiger partial charge in [0.15, 0.2) is 0 Å². The van der Waals surface area contributed by atoms with E-state index < -0.39 is 0 Å². The molecule has 0 aliphatic carbocycles. The van der Waals surface area contributed by atoms with E-state index in [2.05, 4.69) is 37.0 Å². The lowest BCUT2D eigenvalue weighted by Gasteiger charge is -2.03. The Kier molecular flexibility index (Phi) is 3.69. The number of aromatic nitrogens is 1. The maximum absolute atomic E-state index is 11.9. The van der Waals surface area contributed by atoms with Gasteiger partial charge < -0.3 is 0 Å². The summed E-state index contributed by atoms with van der Waals surface area (Å²) in [5.74, 6) is 0.227. The summed E-state index contributed by atoms with van der Waals surface area (Å²) in [6.45, 7) is 4.11. The number of aryl methyl sites for hydroxylation is 2. The number of hydrogen-bond donors (Lipinski definition) is 0. The van der Waals surface area contributed by atoms with Crippen LogP contribution in [-0.4, -0.2) is 10.8 Å². The first-order valence-electron chi connectivity index (χ1n) is 5.61. The standard InChI is InChI=1S/C14H15NOS/c1-10-5-11(2)7-12(6-10)8-13(16)9-14-15-3-4-17-14/h3-7H,8-9H2,1-2H3. The van der Waals surface area contributed by atoms with E-state index in [4.69, 9.17) is 0 Å². The second-order valence-corrected chi connectivity index (χ2v) is 5.29. The molecule has 0 N–H and O–H groups in total. The molecule has 88 valence electrons. The maximum Gasteiger partial charge on any atom is 0.144 e. The van der Waals surface area contributed by atoms with Gasteiger partial charge in [0.1, 0.15) is 5.78 Å². The number of ketones is 1. The van der Waals surface area contributed by atoms with Crippen molar-refractivity contribution >= 4 is 17.1 Å². The predicted octanol–water partition coefficient (Wildman–Crippen LogP) is 3.11. The average Bonchev–Trinajstić information content (AvgIpc) is 2.67. The van der Waals surface area contributed by atoms with Crippen LogP contribution >= 0.6 is 11.3 Å². The Morgan fingerprint density at radius 2 is 1.88 bits per heavy atom. The summed E-state index contributed by atoms with van der Waals surface area (Å²) < 4.78 is 0. The van der Waals surface area contributed by atoms with Crippen molar-refractivity contribution in [3.05, 3.63) is 51.5 Å². The topological polar surface area (TPSA) is 30.0 Å². The number of benzene rings is 1. The van der Waals surface area contributed by atoms with Crippen molar-refractivity contribution in [1.82, 2.24) is 4.98 Å². The van der Waals surface area contributed by atoms with E-state index in [1.807, 2.05) is 5.38 Å². The van der Waals surface area contributed by atoms with Crippen molar-refractivity contribution in [2.24, 2.45) is 0 Å². The highest BCUT2D eigenvalue weighted by Gasteiger charge is 2.07. The lowest BCUT2D eigenvalue weighted by molar-refractivity contribution is -0.117. The quantitative estimate of drug-likeness (QED) is 0.828. The van der Waals surface area contributed by atoms with E-state index >= 15 is 0 Å². The van der Waals surface area contributed by atoms with Gasteiger partial charge in [-0.15, -0.1) is 11.3 Å². The molecule has 0 aliphatic heterocycles. The largest absolute Gasteiger partial charge is 0.299 e. The first kappa shape index (κ1) is 12.0. The third-order valence-corrected chi connectivity index (χ3v) is 3.29. The number of thiazole rings is 1. The monoisotopic (exact) mass is 245 g/mol. The fourth-order valence-electron chi connectivity index (χ4n) is 1.97. The van der Waals surface area contributed by atoms with Crippen LogP contribution < -0.4 is 0 Å². The summed E-state index contributed by atoms with van der Waals surface area (Å²) in [6, 6.07) is 6.27. The molecule has 1 aromatic carbocycles. The fourth-order valence-corrected chi connectivity index (χ4v) is 2.61.